The normalized spacial score (nSPS) is 10.6. The van der Waals surface area contributed by atoms with Crippen LogP contribution in [0.5, 0.6) is 0 Å². The van der Waals surface area contributed by atoms with Gasteiger partial charge >= 0.3 is 0 Å². The van der Waals surface area contributed by atoms with Gasteiger partial charge in [0.1, 0.15) is 0 Å². The molecule has 3 nitrogen and oxygen atoms in total. The number of aromatic nitrogens is 2. The summed E-state index contributed by atoms with van der Waals surface area (Å²) in [6, 6.07) is 8.36. The van der Waals surface area contributed by atoms with Gasteiger partial charge in [0.05, 0.1) is 17.9 Å². The van der Waals surface area contributed by atoms with Crippen LogP contribution < -0.4 is 5.32 Å². The van der Waals surface area contributed by atoms with Crippen LogP contribution >= 0.6 is 15.9 Å². The van der Waals surface area contributed by atoms with Gasteiger partial charge in [-0.1, -0.05) is 15.9 Å². The molecule has 0 saturated heterocycles. The summed E-state index contributed by atoms with van der Waals surface area (Å²) in [7, 11) is 1.97. The third-order valence-corrected chi connectivity index (χ3v) is 3.62. The van der Waals surface area contributed by atoms with E-state index in [0.29, 0.717) is 0 Å². The largest absolute Gasteiger partial charge is 0.379 e. The highest BCUT2D eigenvalue weighted by atomic mass is 79.9. The fourth-order valence-electron chi connectivity index (χ4n) is 1.78. The Morgan fingerprint density at radius 2 is 2.06 bits per heavy atom. The molecule has 2 aromatic rings. The molecular formula is C13H16BrN3. The molecule has 0 saturated carbocycles. The first-order valence-corrected chi connectivity index (χ1v) is 6.35. The average Bonchev–Trinajstić information content (AvgIpc) is 2.59. The Hall–Kier alpha value is -1.29. The third-order valence-electron chi connectivity index (χ3n) is 2.73. The van der Waals surface area contributed by atoms with Crippen molar-refractivity contribution in [1.82, 2.24) is 9.78 Å². The first-order valence-electron chi connectivity index (χ1n) is 5.56. The summed E-state index contributed by atoms with van der Waals surface area (Å²) < 4.78 is 3.05. The lowest BCUT2D eigenvalue weighted by molar-refractivity contribution is 0.713. The number of aryl methyl sites for hydroxylation is 3. The maximum atomic E-state index is 4.32. The van der Waals surface area contributed by atoms with Crippen molar-refractivity contribution in [1.29, 1.82) is 0 Å². The van der Waals surface area contributed by atoms with Gasteiger partial charge in [-0.3, -0.25) is 4.68 Å². The number of nitrogens with one attached hydrogen (secondary N) is 1. The number of anilines is 1. The van der Waals surface area contributed by atoms with Gasteiger partial charge in [0, 0.05) is 17.2 Å². The Kier molecular flexibility index (Phi) is 3.52. The van der Waals surface area contributed by atoms with E-state index in [1.165, 1.54) is 11.3 Å². The summed E-state index contributed by atoms with van der Waals surface area (Å²) in [5.41, 5.74) is 4.60. The lowest BCUT2D eigenvalue weighted by Crippen LogP contribution is -2.05. The van der Waals surface area contributed by atoms with Crippen LogP contribution in [-0.4, -0.2) is 9.78 Å². The zero-order valence-corrected chi connectivity index (χ0v) is 11.9. The molecule has 1 N–H and O–H groups in total. The van der Waals surface area contributed by atoms with Crippen LogP contribution in [0.1, 0.15) is 17.0 Å². The van der Waals surface area contributed by atoms with Crippen molar-refractivity contribution < 1.29 is 0 Å². The lowest BCUT2D eigenvalue weighted by Gasteiger charge is -2.08. The first kappa shape index (κ1) is 12.2. The fourth-order valence-corrected chi connectivity index (χ4v) is 2.02. The van der Waals surface area contributed by atoms with Gasteiger partial charge < -0.3 is 5.32 Å². The minimum absolute atomic E-state index is 0.790. The predicted octanol–water partition coefficient (Wildman–Crippen LogP) is 3.41. The van der Waals surface area contributed by atoms with Crippen LogP contribution in [0.25, 0.3) is 0 Å². The smallest absolute Gasteiger partial charge is 0.0597 e. The van der Waals surface area contributed by atoms with Crippen molar-refractivity contribution in [3.63, 3.8) is 0 Å². The van der Waals surface area contributed by atoms with E-state index in [1.807, 2.05) is 18.7 Å². The quantitative estimate of drug-likeness (QED) is 0.940. The molecule has 0 bridgehead atoms. The second-order valence-electron chi connectivity index (χ2n) is 4.22. The van der Waals surface area contributed by atoms with Gasteiger partial charge in [-0.2, -0.15) is 5.10 Å². The van der Waals surface area contributed by atoms with Crippen LogP contribution in [0.2, 0.25) is 0 Å². The Labute approximate surface area is 110 Å². The molecular weight excluding hydrogens is 278 g/mol. The summed E-state index contributed by atoms with van der Waals surface area (Å²) in [4.78, 5) is 0. The van der Waals surface area contributed by atoms with Gasteiger partial charge in [0.2, 0.25) is 0 Å². The summed E-state index contributed by atoms with van der Waals surface area (Å²) in [5, 5.41) is 7.73. The molecule has 0 aliphatic rings. The minimum atomic E-state index is 0.790. The van der Waals surface area contributed by atoms with Crippen molar-refractivity contribution in [2.75, 3.05) is 5.32 Å². The molecule has 1 heterocycles. The minimum Gasteiger partial charge on any atom is -0.379 e. The van der Waals surface area contributed by atoms with Crippen molar-refractivity contribution in [3.8, 4) is 0 Å². The summed E-state index contributed by atoms with van der Waals surface area (Å²) >= 11 is 3.50. The van der Waals surface area contributed by atoms with Crippen LogP contribution in [0, 0.1) is 13.8 Å². The zero-order valence-electron chi connectivity index (χ0n) is 10.3. The summed E-state index contributed by atoms with van der Waals surface area (Å²) in [6.07, 6.45) is 0. The topological polar surface area (TPSA) is 29.9 Å². The molecule has 2 rings (SSSR count). The second kappa shape index (κ2) is 4.92. The standard InChI is InChI=1S/C13H16BrN3/c1-9-6-11(4-5-13(9)14)15-8-12-7-10(2)16-17(12)3/h4-7,15H,8H2,1-3H3. The molecule has 17 heavy (non-hydrogen) atoms. The molecule has 1 aromatic carbocycles. The van der Waals surface area contributed by atoms with Crippen molar-refractivity contribution in [3.05, 3.63) is 45.7 Å². The van der Waals surface area contributed by atoms with Gasteiger partial charge in [-0.25, -0.2) is 0 Å². The van der Waals surface area contributed by atoms with Gasteiger partial charge in [0.15, 0.2) is 0 Å². The van der Waals surface area contributed by atoms with Crippen LogP contribution in [0.15, 0.2) is 28.7 Å². The molecule has 1 aromatic heterocycles. The van der Waals surface area contributed by atoms with E-state index in [1.54, 1.807) is 0 Å². The monoisotopic (exact) mass is 293 g/mol. The molecule has 0 unspecified atom stereocenters. The first-order chi connectivity index (χ1) is 8.06. The number of nitrogens with zero attached hydrogens (tertiary/aromatic N) is 2. The maximum absolute atomic E-state index is 4.32. The summed E-state index contributed by atoms with van der Waals surface area (Å²) in [5.74, 6) is 0. The van der Waals surface area contributed by atoms with Crippen LogP contribution in [-0.2, 0) is 13.6 Å². The molecule has 0 amide bonds. The van der Waals surface area contributed by atoms with E-state index in [9.17, 15) is 0 Å². The van der Waals surface area contributed by atoms with Crippen molar-refractivity contribution >= 4 is 21.6 Å². The molecule has 0 fully saturated rings. The highest BCUT2D eigenvalue weighted by molar-refractivity contribution is 9.10. The average molecular weight is 294 g/mol. The Balaban J connectivity index is 2.07. The van der Waals surface area contributed by atoms with E-state index >= 15 is 0 Å². The summed E-state index contributed by atoms with van der Waals surface area (Å²) in [6.45, 7) is 4.88. The SMILES string of the molecule is Cc1cc(CNc2ccc(Br)c(C)c2)n(C)n1. The number of halogens is 1. The third kappa shape index (κ3) is 2.88. The molecule has 0 spiro atoms. The van der Waals surface area contributed by atoms with E-state index in [-0.39, 0.29) is 0 Å². The molecule has 0 aliphatic heterocycles. The van der Waals surface area contributed by atoms with E-state index in [0.717, 1.165) is 22.4 Å². The van der Waals surface area contributed by atoms with E-state index in [4.69, 9.17) is 0 Å². The maximum Gasteiger partial charge on any atom is 0.0597 e. The lowest BCUT2D eigenvalue weighted by atomic mass is 10.2. The fraction of sp³-hybridized carbons (Fsp3) is 0.308. The van der Waals surface area contributed by atoms with Gasteiger partial charge in [-0.05, 0) is 43.7 Å². The van der Waals surface area contributed by atoms with E-state index < -0.39 is 0 Å². The molecule has 0 atom stereocenters. The predicted molar refractivity (Wildman–Crippen MR) is 74.2 cm³/mol. The Morgan fingerprint density at radius 3 is 2.65 bits per heavy atom. The molecule has 0 aliphatic carbocycles. The number of hydrogen-bond donors (Lipinski definition) is 1. The van der Waals surface area contributed by atoms with Crippen molar-refractivity contribution in [2.45, 2.75) is 20.4 Å². The Morgan fingerprint density at radius 1 is 1.29 bits per heavy atom. The number of benzene rings is 1. The van der Waals surface area contributed by atoms with E-state index in [2.05, 4.69) is 57.5 Å². The second-order valence-corrected chi connectivity index (χ2v) is 5.07. The number of hydrogen-bond acceptors (Lipinski definition) is 2. The van der Waals surface area contributed by atoms with Crippen molar-refractivity contribution in [2.24, 2.45) is 7.05 Å². The van der Waals surface area contributed by atoms with Gasteiger partial charge in [-0.15, -0.1) is 0 Å². The van der Waals surface area contributed by atoms with Crippen LogP contribution in [0.3, 0.4) is 0 Å². The highest BCUT2D eigenvalue weighted by Gasteiger charge is 2.02. The molecule has 90 valence electrons. The molecule has 0 radical (unpaired) electrons. The number of rotatable bonds is 3. The molecule has 4 heteroatoms. The highest BCUT2D eigenvalue weighted by Crippen LogP contribution is 2.20. The Bertz CT molecular complexity index is 531. The van der Waals surface area contributed by atoms with Crippen LogP contribution in [0.4, 0.5) is 5.69 Å². The zero-order chi connectivity index (χ0) is 12.4. The van der Waals surface area contributed by atoms with Gasteiger partial charge in [0.25, 0.3) is 0 Å².